The van der Waals surface area contributed by atoms with Gasteiger partial charge in [-0.15, -0.1) is 0 Å². The van der Waals surface area contributed by atoms with Gasteiger partial charge in [-0.1, -0.05) is 0 Å². The number of carboxylic acids is 1. The van der Waals surface area contributed by atoms with Crippen LogP contribution < -0.4 is 5.32 Å². The minimum Gasteiger partial charge on any atom is -0.478 e. The van der Waals surface area contributed by atoms with Crippen LogP contribution in [0.15, 0.2) is 24.3 Å². The van der Waals surface area contributed by atoms with Crippen LogP contribution in [0.1, 0.15) is 27.3 Å². The van der Waals surface area contributed by atoms with Crippen LogP contribution >= 0.6 is 0 Å². The van der Waals surface area contributed by atoms with Crippen molar-refractivity contribution >= 4 is 17.6 Å². The summed E-state index contributed by atoms with van der Waals surface area (Å²) in [5, 5.41) is 12.1. The Balaban J connectivity index is 2.28. The third-order valence-electron chi connectivity index (χ3n) is 2.70. The number of carbonyl (C=O) groups is 1. The summed E-state index contributed by atoms with van der Waals surface area (Å²) in [6.45, 7) is 5.56. The molecule has 0 spiro atoms. The lowest BCUT2D eigenvalue weighted by Crippen LogP contribution is -2.03. The van der Waals surface area contributed by atoms with Gasteiger partial charge in [-0.3, -0.25) is 0 Å². The number of nitrogens with one attached hydrogen (secondary N) is 1. The number of aromatic nitrogens is 2. The van der Waals surface area contributed by atoms with Gasteiger partial charge in [-0.2, -0.15) is 0 Å². The van der Waals surface area contributed by atoms with Crippen LogP contribution in [0.25, 0.3) is 0 Å². The molecule has 2 N–H and O–H groups in total. The minimum atomic E-state index is -0.924. The number of aromatic carboxylic acids is 1. The van der Waals surface area contributed by atoms with Crippen molar-refractivity contribution in [3.63, 3.8) is 0 Å². The Labute approximate surface area is 111 Å². The van der Waals surface area contributed by atoms with E-state index in [0.717, 1.165) is 17.1 Å². The van der Waals surface area contributed by atoms with Crippen molar-refractivity contribution in [2.45, 2.75) is 20.8 Å². The van der Waals surface area contributed by atoms with E-state index in [1.165, 1.54) is 0 Å². The summed E-state index contributed by atoms with van der Waals surface area (Å²) >= 11 is 0. The Bertz CT molecular complexity index is 618. The predicted molar refractivity (Wildman–Crippen MR) is 72.9 cm³/mol. The fourth-order valence-electron chi connectivity index (χ4n) is 1.89. The first kappa shape index (κ1) is 13.0. The molecule has 0 aliphatic carbocycles. The van der Waals surface area contributed by atoms with Crippen LogP contribution in [-0.4, -0.2) is 21.0 Å². The van der Waals surface area contributed by atoms with Crippen LogP contribution in [0.2, 0.25) is 0 Å². The highest BCUT2D eigenvalue weighted by atomic mass is 16.4. The second-order valence-corrected chi connectivity index (χ2v) is 4.43. The van der Waals surface area contributed by atoms with Crippen molar-refractivity contribution < 1.29 is 9.90 Å². The summed E-state index contributed by atoms with van der Waals surface area (Å²) in [4.78, 5) is 19.5. The number of aryl methyl sites for hydroxylation is 3. The molecule has 0 saturated carbocycles. The van der Waals surface area contributed by atoms with Gasteiger partial charge in [-0.25, -0.2) is 14.8 Å². The topological polar surface area (TPSA) is 75.1 Å². The van der Waals surface area contributed by atoms with Crippen LogP contribution in [0.3, 0.4) is 0 Å². The number of carboxylic acid groups (broad SMARTS) is 1. The zero-order valence-corrected chi connectivity index (χ0v) is 11.1. The molecule has 2 rings (SSSR count). The van der Waals surface area contributed by atoms with E-state index in [1.807, 2.05) is 19.9 Å². The van der Waals surface area contributed by atoms with E-state index in [0.29, 0.717) is 17.1 Å². The molecule has 0 aliphatic rings. The third kappa shape index (κ3) is 3.07. The summed E-state index contributed by atoms with van der Waals surface area (Å²) in [6.07, 6.45) is 0. The molecule has 0 aliphatic heterocycles. The van der Waals surface area contributed by atoms with Crippen LogP contribution in [0.5, 0.6) is 0 Å². The number of anilines is 2. The third-order valence-corrected chi connectivity index (χ3v) is 2.70. The van der Waals surface area contributed by atoms with E-state index in [4.69, 9.17) is 5.11 Å². The maximum Gasteiger partial charge on any atom is 0.335 e. The molecule has 0 unspecified atom stereocenters. The zero-order valence-electron chi connectivity index (χ0n) is 11.1. The second kappa shape index (κ2) is 5.06. The highest BCUT2D eigenvalue weighted by Crippen LogP contribution is 2.18. The van der Waals surface area contributed by atoms with Gasteiger partial charge in [0.25, 0.3) is 0 Å². The lowest BCUT2D eigenvalue weighted by atomic mass is 10.1. The molecule has 0 radical (unpaired) electrons. The standard InChI is InChI=1S/C14H15N3O2/c1-8-6-11(4-5-12(8)13(18)19)17-14-15-9(2)7-10(3)16-14/h4-7H,1-3H3,(H,18,19)(H,15,16,17). The normalized spacial score (nSPS) is 10.3. The minimum absolute atomic E-state index is 0.298. The second-order valence-electron chi connectivity index (χ2n) is 4.43. The maximum absolute atomic E-state index is 10.9. The van der Waals surface area contributed by atoms with Crippen molar-refractivity contribution in [1.29, 1.82) is 0 Å². The summed E-state index contributed by atoms with van der Waals surface area (Å²) < 4.78 is 0. The molecule has 2 aromatic rings. The van der Waals surface area contributed by atoms with Gasteiger partial charge in [0.2, 0.25) is 5.95 Å². The fourth-order valence-corrected chi connectivity index (χ4v) is 1.89. The summed E-state index contributed by atoms with van der Waals surface area (Å²) in [5.41, 5.74) is 3.53. The lowest BCUT2D eigenvalue weighted by molar-refractivity contribution is 0.0696. The van der Waals surface area contributed by atoms with E-state index in [-0.39, 0.29) is 0 Å². The number of rotatable bonds is 3. The van der Waals surface area contributed by atoms with E-state index >= 15 is 0 Å². The van der Waals surface area contributed by atoms with Crippen molar-refractivity contribution in [2.24, 2.45) is 0 Å². The molecule has 98 valence electrons. The Morgan fingerprint density at radius 2 is 1.74 bits per heavy atom. The van der Waals surface area contributed by atoms with E-state index in [9.17, 15) is 4.79 Å². The van der Waals surface area contributed by atoms with Crippen molar-refractivity contribution in [3.05, 3.63) is 46.8 Å². The lowest BCUT2D eigenvalue weighted by Gasteiger charge is -2.08. The average molecular weight is 257 g/mol. The number of benzene rings is 1. The smallest absolute Gasteiger partial charge is 0.335 e. The molecule has 5 heteroatoms. The molecule has 1 aromatic carbocycles. The number of hydrogen-bond donors (Lipinski definition) is 2. The fraction of sp³-hybridized carbons (Fsp3) is 0.214. The molecule has 1 aromatic heterocycles. The predicted octanol–water partition coefficient (Wildman–Crippen LogP) is 2.84. The SMILES string of the molecule is Cc1cc(C)nc(Nc2ccc(C(=O)O)c(C)c2)n1. The van der Waals surface area contributed by atoms with Gasteiger partial charge < -0.3 is 10.4 Å². The van der Waals surface area contributed by atoms with E-state index in [2.05, 4.69) is 15.3 Å². The number of nitrogens with zero attached hydrogens (tertiary/aromatic N) is 2. The van der Waals surface area contributed by atoms with Gasteiger partial charge in [0.05, 0.1) is 5.56 Å². The van der Waals surface area contributed by atoms with Gasteiger partial charge >= 0.3 is 5.97 Å². The Morgan fingerprint density at radius 3 is 2.26 bits per heavy atom. The molecule has 0 fully saturated rings. The first-order valence-electron chi connectivity index (χ1n) is 5.89. The molecular formula is C14H15N3O2. The highest BCUT2D eigenvalue weighted by Gasteiger charge is 2.08. The molecule has 0 amide bonds. The Kier molecular flexibility index (Phi) is 3.46. The molecule has 19 heavy (non-hydrogen) atoms. The van der Waals surface area contributed by atoms with Crippen LogP contribution in [0, 0.1) is 20.8 Å². The van der Waals surface area contributed by atoms with Gasteiger partial charge in [0.15, 0.2) is 0 Å². The van der Waals surface area contributed by atoms with Crippen molar-refractivity contribution in [3.8, 4) is 0 Å². The molecule has 5 nitrogen and oxygen atoms in total. The zero-order chi connectivity index (χ0) is 14.0. The molecule has 1 heterocycles. The Hall–Kier alpha value is -2.43. The van der Waals surface area contributed by atoms with Crippen LogP contribution in [0.4, 0.5) is 11.6 Å². The summed E-state index contributed by atoms with van der Waals surface area (Å²) in [7, 11) is 0. The average Bonchev–Trinajstić information content (AvgIpc) is 2.26. The quantitative estimate of drug-likeness (QED) is 0.884. The van der Waals surface area contributed by atoms with Gasteiger partial charge in [-0.05, 0) is 50.6 Å². The summed E-state index contributed by atoms with van der Waals surface area (Å²) in [5.74, 6) is -0.410. The monoisotopic (exact) mass is 257 g/mol. The first-order valence-corrected chi connectivity index (χ1v) is 5.89. The first-order chi connectivity index (χ1) is 8.95. The largest absolute Gasteiger partial charge is 0.478 e. The van der Waals surface area contributed by atoms with Crippen LogP contribution in [-0.2, 0) is 0 Å². The molecule has 0 bridgehead atoms. The molecule has 0 saturated heterocycles. The molecule has 0 atom stereocenters. The highest BCUT2D eigenvalue weighted by molar-refractivity contribution is 5.90. The maximum atomic E-state index is 10.9. The van der Waals surface area contributed by atoms with Crippen molar-refractivity contribution in [2.75, 3.05) is 5.32 Å². The molecular weight excluding hydrogens is 242 g/mol. The number of hydrogen-bond acceptors (Lipinski definition) is 4. The van der Waals surface area contributed by atoms with E-state index in [1.54, 1.807) is 25.1 Å². The van der Waals surface area contributed by atoms with Gasteiger partial charge in [0.1, 0.15) is 0 Å². The van der Waals surface area contributed by atoms with E-state index < -0.39 is 5.97 Å². The van der Waals surface area contributed by atoms with Crippen molar-refractivity contribution in [1.82, 2.24) is 9.97 Å². The van der Waals surface area contributed by atoms with Gasteiger partial charge in [0, 0.05) is 17.1 Å². The summed E-state index contributed by atoms with van der Waals surface area (Å²) in [6, 6.07) is 6.94. The Morgan fingerprint density at radius 1 is 1.11 bits per heavy atom.